The number of piperidine rings is 1. The van der Waals surface area contributed by atoms with Crippen LogP contribution in [0.4, 0.5) is 0 Å². The fourth-order valence-corrected chi connectivity index (χ4v) is 1.59. The molecule has 0 aliphatic carbocycles. The van der Waals surface area contributed by atoms with Crippen LogP contribution in [0.25, 0.3) is 0 Å². The molecule has 0 amide bonds. The van der Waals surface area contributed by atoms with Crippen LogP contribution in [-0.2, 0) is 9.53 Å². The van der Waals surface area contributed by atoms with Crippen molar-refractivity contribution in [2.24, 2.45) is 5.92 Å². The zero-order valence-corrected chi connectivity index (χ0v) is 9.59. The van der Waals surface area contributed by atoms with E-state index in [1.54, 1.807) is 0 Å². The van der Waals surface area contributed by atoms with Gasteiger partial charge in [-0.05, 0) is 40.5 Å². The summed E-state index contributed by atoms with van der Waals surface area (Å²) in [5.74, 6) is -0.0117. The molecule has 0 aromatic rings. The Kier molecular flexibility index (Phi) is 3.53. The zero-order valence-electron chi connectivity index (χ0n) is 9.59. The molecule has 82 valence electrons. The molecule has 2 atom stereocenters. The molecule has 1 fully saturated rings. The lowest BCUT2D eigenvalue weighted by molar-refractivity contribution is -0.160. The molecule has 14 heavy (non-hydrogen) atoms. The van der Waals surface area contributed by atoms with Gasteiger partial charge in [0.05, 0.1) is 5.92 Å². The second-order valence-electron chi connectivity index (χ2n) is 5.12. The number of nitrogens with one attached hydrogen (secondary N) is 1. The first kappa shape index (κ1) is 11.5. The maximum absolute atomic E-state index is 11.7. The molecule has 0 saturated carbocycles. The van der Waals surface area contributed by atoms with Gasteiger partial charge in [0.1, 0.15) is 5.60 Å². The maximum Gasteiger partial charge on any atom is 0.310 e. The van der Waals surface area contributed by atoms with E-state index in [4.69, 9.17) is 4.74 Å². The minimum atomic E-state index is -0.361. The number of carbonyl (C=O) groups excluding carboxylic acids is 1. The minimum Gasteiger partial charge on any atom is -0.460 e. The summed E-state index contributed by atoms with van der Waals surface area (Å²) in [6.45, 7) is 8.62. The summed E-state index contributed by atoms with van der Waals surface area (Å²) in [4.78, 5) is 11.7. The molecule has 3 heteroatoms. The van der Waals surface area contributed by atoms with Crippen molar-refractivity contribution in [2.75, 3.05) is 6.54 Å². The average Bonchev–Trinajstić information content (AvgIpc) is 2.02. The third kappa shape index (κ3) is 3.66. The molecule has 1 aliphatic rings. The van der Waals surface area contributed by atoms with Crippen molar-refractivity contribution >= 4 is 5.97 Å². The smallest absolute Gasteiger partial charge is 0.310 e. The molecule has 2 unspecified atom stereocenters. The van der Waals surface area contributed by atoms with E-state index in [1.807, 2.05) is 20.8 Å². The quantitative estimate of drug-likeness (QED) is 0.653. The molecule has 1 saturated heterocycles. The molecule has 0 bridgehead atoms. The van der Waals surface area contributed by atoms with Crippen LogP contribution in [0.1, 0.15) is 40.5 Å². The summed E-state index contributed by atoms with van der Waals surface area (Å²) in [6, 6.07) is 0.536. The van der Waals surface area contributed by atoms with Crippen LogP contribution in [0, 0.1) is 5.92 Å². The predicted octanol–water partition coefficient (Wildman–Crippen LogP) is 1.72. The normalized spacial score (nSPS) is 28.6. The highest BCUT2D eigenvalue weighted by Crippen LogP contribution is 2.18. The number of carbonyl (C=O) groups is 1. The lowest BCUT2D eigenvalue weighted by Crippen LogP contribution is -2.42. The summed E-state index contributed by atoms with van der Waals surface area (Å²) < 4.78 is 5.33. The Hall–Kier alpha value is -0.570. The Morgan fingerprint density at radius 1 is 1.36 bits per heavy atom. The maximum atomic E-state index is 11.7. The first-order chi connectivity index (χ1) is 6.38. The first-order valence-electron chi connectivity index (χ1n) is 5.35. The summed E-state index contributed by atoms with van der Waals surface area (Å²) in [7, 11) is 0. The third-order valence-corrected chi connectivity index (χ3v) is 2.40. The molecule has 1 N–H and O–H groups in total. The van der Waals surface area contributed by atoms with E-state index in [2.05, 4.69) is 12.2 Å². The monoisotopic (exact) mass is 199 g/mol. The van der Waals surface area contributed by atoms with Crippen molar-refractivity contribution < 1.29 is 9.53 Å². The molecule has 1 heterocycles. The van der Waals surface area contributed by atoms with Gasteiger partial charge in [-0.3, -0.25) is 4.79 Å². The van der Waals surface area contributed by atoms with Crippen molar-refractivity contribution in [1.82, 2.24) is 5.32 Å². The lowest BCUT2D eigenvalue weighted by atomic mass is 9.95. The number of ether oxygens (including phenoxy) is 1. The van der Waals surface area contributed by atoms with Gasteiger partial charge in [0, 0.05) is 12.6 Å². The van der Waals surface area contributed by atoms with Gasteiger partial charge in [-0.15, -0.1) is 0 Å². The molecular weight excluding hydrogens is 178 g/mol. The highest BCUT2D eigenvalue weighted by atomic mass is 16.6. The zero-order chi connectivity index (χ0) is 10.8. The van der Waals surface area contributed by atoms with Gasteiger partial charge in [0.25, 0.3) is 0 Å². The van der Waals surface area contributed by atoms with Crippen molar-refractivity contribution in [3.8, 4) is 0 Å². The van der Waals surface area contributed by atoms with E-state index < -0.39 is 0 Å². The molecule has 3 nitrogen and oxygen atoms in total. The van der Waals surface area contributed by atoms with Crippen molar-refractivity contribution in [2.45, 2.75) is 52.2 Å². The molecule has 1 rings (SSSR count). The van der Waals surface area contributed by atoms with E-state index in [0.29, 0.717) is 6.04 Å². The Balaban J connectivity index is 2.38. The second kappa shape index (κ2) is 4.30. The van der Waals surface area contributed by atoms with Gasteiger partial charge >= 0.3 is 5.97 Å². The van der Waals surface area contributed by atoms with E-state index in [1.165, 1.54) is 0 Å². The summed E-state index contributed by atoms with van der Waals surface area (Å²) in [6.07, 6.45) is 2.01. The second-order valence-corrected chi connectivity index (χ2v) is 5.12. The van der Waals surface area contributed by atoms with Gasteiger partial charge in [0.15, 0.2) is 0 Å². The van der Waals surface area contributed by atoms with Crippen LogP contribution in [-0.4, -0.2) is 24.2 Å². The lowest BCUT2D eigenvalue weighted by Gasteiger charge is -2.29. The highest BCUT2D eigenvalue weighted by Gasteiger charge is 2.28. The Morgan fingerprint density at radius 3 is 2.43 bits per heavy atom. The first-order valence-corrected chi connectivity index (χ1v) is 5.35. The van der Waals surface area contributed by atoms with E-state index in [-0.39, 0.29) is 17.5 Å². The Bertz CT molecular complexity index is 200. The van der Waals surface area contributed by atoms with Gasteiger partial charge in [-0.2, -0.15) is 0 Å². The summed E-state index contributed by atoms with van der Waals surface area (Å²) >= 11 is 0. The SMILES string of the molecule is CC1CCC(C(=O)OC(C)(C)C)CN1. The summed E-state index contributed by atoms with van der Waals surface area (Å²) in [5, 5.41) is 3.30. The predicted molar refractivity (Wildman–Crippen MR) is 56.0 cm³/mol. The van der Waals surface area contributed by atoms with Crippen LogP contribution in [0.3, 0.4) is 0 Å². The van der Waals surface area contributed by atoms with Crippen molar-refractivity contribution in [3.63, 3.8) is 0 Å². The minimum absolute atomic E-state index is 0.0467. The topological polar surface area (TPSA) is 38.3 Å². The number of hydrogen-bond acceptors (Lipinski definition) is 3. The van der Waals surface area contributed by atoms with Gasteiger partial charge in [-0.1, -0.05) is 0 Å². The standard InChI is InChI=1S/C11H21NO2/c1-8-5-6-9(7-12-8)10(13)14-11(2,3)4/h8-9,12H,5-7H2,1-4H3. The van der Waals surface area contributed by atoms with Crippen LogP contribution in [0.15, 0.2) is 0 Å². The Labute approximate surface area is 86.2 Å². The molecular formula is C11H21NO2. The summed E-state index contributed by atoms with van der Waals surface area (Å²) in [5.41, 5.74) is -0.361. The van der Waals surface area contributed by atoms with Crippen LogP contribution in [0.5, 0.6) is 0 Å². The Morgan fingerprint density at radius 2 is 2.00 bits per heavy atom. The fourth-order valence-electron chi connectivity index (χ4n) is 1.59. The molecule has 0 aromatic heterocycles. The van der Waals surface area contributed by atoms with Crippen LogP contribution < -0.4 is 5.32 Å². The number of hydrogen-bond donors (Lipinski definition) is 1. The van der Waals surface area contributed by atoms with Gasteiger partial charge in [-0.25, -0.2) is 0 Å². The molecule has 0 spiro atoms. The van der Waals surface area contributed by atoms with E-state index in [9.17, 15) is 4.79 Å². The highest BCUT2D eigenvalue weighted by molar-refractivity contribution is 5.73. The van der Waals surface area contributed by atoms with Crippen molar-refractivity contribution in [1.29, 1.82) is 0 Å². The van der Waals surface area contributed by atoms with Crippen LogP contribution in [0.2, 0.25) is 0 Å². The van der Waals surface area contributed by atoms with Crippen LogP contribution >= 0.6 is 0 Å². The van der Waals surface area contributed by atoms with E-state index >= 15 is 0 Å². The van der Waals surface area contributed by atoms with Gasteiger partial charge in [0.2, 0.25) is 0 Å². The molecule has 0 aromatic carbocycles. The molecule has 1 aliphatic heterocycles. The fraction of sp³-hybridized carbons (Fsp3) is 0.909. The third-order valence-electron chi connectivity index (χ3n) is 2.40. The molecule has 0 radical (unpaired) electrons. The number of rotatable bonds is 1. The van der Waals surface area contributed by atoms with E-state index in [0.717, 1.165) is 19.4 Å². The average molecular weight is 199 g/mol. The van der Waals surface area contributed by atoms with Gasteiger partial charge < -0.3 is 10.1 Å². The number of esters is 1. The largest absolute Gasteiger partial charge is 0.460 e. The van der Waals surface area contributed by atoms with Crippen molar-refractivity contribution in [3.05, 3.63) is 0 Å².